The molecular weight excluding hydrogens is 95.9 g/mol. The Balaban J connectivity index is 2.30. The van der Waals surface area contributed by atoms with Gasteiger partial charge in [-0.15, -0.1) is 0 Å². The zero-order chi connectivity index (χ0) is 3.41. The van der Waals surface area contributed by atoms with Crippen LogP contribution in [0.15, 0.2) is 0 Å². The summed E-state index contributed by atoms with van der Waals surface area (Å²) in [5.41, 5.74) is 0. The van der Waals surface area contributed by atoms with Gasteiger partial charge in [-0.25, -0.2) is 0 Å². The molecule has 0 saturated heterocycles. The third-order valence-corrected chi connectivity index (χ3v) is 0.243. The summed E-state index contributed by atoms with van der Waals surface area (Å²) in [6, 6.07) is 0. The number of hydrogen-bond acceptors (Lipinski definition) is 1. The SMILES string of the molecule is O=C[CH2][Fe]. The fourth-order valence-corrected chi connectivity index (χ4v) is 0. The van der Waals surface area contributed by atoms with Gasteiger partial charge in [-0.1, -0.05) is 0 Å². The van der Waals surface area contributed by atoms with E-state index in [2.05, 4.69) is 16.0 Å². The summed E-state index contributed by atoms with van der Waals surface area (Å²) in [6.07, 6.45) is 0.764. The second-order valence-electron chi connectivity index (χ2n) is 0.311. The molecule has 0 fully saturated rings. The molecule has 1 nitrogen and oxygen atoms in total. The van der Waals surface area contributed by atoms with Crippen molar-refractivity contribution in [3.05, 3.63) is 0 Å². The first-order chi connectivity index (χ1) is 1.91. The van der Waals surface area contributed by atoms with E-state index in [0.717, 1.165) is 6.29 Å². The van der Waals surface area contributed by atoms with Crippen molar-refractivity contribution in [2.45, 2.75) is 5.32 Å². The van der Waals surface area contributed by atoms with Crippen molar-refractivity contribution in [3.63, 3.8) is 0 Å². The summed E-state index contributed by atoms with van der Waals surface area (Å²) in [4.78, 5) is 9.11. The van der Waals surface area contributed by atoms with E-state index < -0.39 is 0 Å². The van der Waals surface area contributed by atoms with Gasteiger partial charge in [-0.3, -0.25) is 0 Å². The van der Waals surface area contributed by atoms with Crippen LogP contribution >= 0.6 is 0 Å². The van der Waals surface area contributed by atoms with E-state index in [0.29, 0.717) is 5.32 Å². The van der Waals surface area contributed by atoms with Crippen molar-refractivity contribution in [3.8, 4) is 0 Å². The molecule has 0 aliphatic heterocycles. The molecule has 25 valence electrons. The van der Waals surface area contributed by atoms with Crippen LogP contribution in [0.4, 0.5) is 0 Å². The van der Waals surface area contributed by atoms with E-state index in [-0.39, 0.29) is 0 Å². The van der Waals surface area contributed by atoms with Gasteiger partial charge in [-0.2, -0.15) is 0 Å². The minimum atomic E-state index is 0.389. The fraction of sp³-hybridized carbons (Fsp3) is 0.500. The van der Waals surface area contributed by atoms with Crippen molar-refractivity contribution in [1.29, 1.82) is 0 Å². The predicted octanol–water partition coefficient (Wildman–Crippen LogP) is 0.150. The molecule has 0 amide bonds. The average Bonchev–Trinajstić information content (AvgIpc) is 1.37. The summed E-state index contributed by atoms with van der Waals surface area (Å²) in [6.45, 7) is 0. The molecule has 0 aromatic carbocycles. The van der Waals surface area contributed by atoms with Crippen LogP contribution in [0, 0.1) is 0 Å². The fourth-order valence-electron chi connectivity index (χ4n) is 0. The molecule has 4 heavy (non-hydrogen) atoms. The van der Waals surface area contributed by atoms with Gasteiger partial charge in [0.25, 0.3) is 0 Å². The van der Waals surface area contributed by atoms with E-state index in [4.69, 9.17) is 4.79 Å². The Hall–Kier alpha value is 0.189. The first-order valence-corrected chi connectivity index (χ1v) is 1.67. The van der Waals surface area contributed by atoms with Crippen LogP contribution in [0.2, 0.25) is 5.32 Å². The second-order valence-corrected chi connectivity index (χ2v) is 0.762. The molecule has 0 rings (SSSR count). The summed E-state index contributed by atoms with van der Waals surface area (Å²) < 4.78 is 0. The molecule has 0 unspecified atom stereocenters. The molecule has 0 aromatic heterocycles. The van der Waals surface area contributed by atoms with Crippen molar-refractivity contribution >= 4 is 6.29 Å². The van der Waals surface area contributed by atoms with Crippen molar-refractivity contribution in [2.24, 2.45) is 0 Å². The van der Waals surface area contributed by atoms with Crippen LogP contribution in [-0.2, 0) is 20.8 Å². The van der Waals surface area contributed by atoms with E-state index in [9.17, 15) is 0 Å². The zero-order valence-corrected chi connectivity index (χ0v) is 3.15. The Morgan fingerprint density at radius 3 is 2.25 bits per heavy atom. The molecule has 0 N–H and O–H groups in total. The molecule has 0 aliphatic carbocycles. The number of carbonyl (C=O) groups excluding carboxylic acids is 1. The van der Waals surface area contributed by atoms with Gasteiger partial charge in [0.2, 0.25) is 0 Å². The molecule has 0 aromatic rings. The molecule has 0 spiro atoms. The third-order valence-electron chi connectivity index (χ3n) is 0.0589. The predicted molar refractivity (Wildman–Crippen MR) is 10.9 cm³/mol. The topological polar surface area (TPSA) is 17.1 Å². The van der Waals surface area contributed by atoms with Crippen LogP contribution in [0.1, 0.15) is 0 Å². The summed E-state index contributed by atoms with van der Waals surface area (Å²) in [5.74, 6) is 0. The Labute approximate surface area is 33.2 Å². The number of aldehydes is 1. The maximum atomic E-state index is 9.11. The van der Waals surface area contributed by atoms with Crippen LogP contribution < -0.4 is 0 Å². The molecule has 0 bridgehead atoms. The molecule has 0 radical (unpaired) electrons. The normalized spacial score (nSPS) is 6.25. The second kappa shape index (κ2) is 3.19. The van der Waals surface area contributed by atoms with Gasteiger partial charge in [0.1, 0.15) is 0 Å². The number of hydrogen-bond donors (Lipinski definition) is 0. The molecule has 2 heteroatoms. The Bertz CT molecular complexity index is 20.0. The van der Waals surface area contributed by atoms with Crippen LogP contribution in [0.5, 0.6) is 0 Å². The van der Waals surface area contributed by atoms with Gasteiger partial charge in [0.05, 0.1) is 0 Å². The third kappa shape index (κ3) is 2.19. The zero-order valence-electron chi connectivity index (χ0n) is 2.05. The maximum absolute atomic E-state index is 9.11. The van der Waals surface area contributed by atoms with E-state index >= 15 is 0 Å². The first-order valence-electron chi connectivity index (χ1n) is 0.894. The van der Waals surface area contributed by atoms with Gasteiger partial charge in [-0.05, 0) is 0 Å². The van der Waals surface area contributed by atoms with Crippen molar-refractivity contribution in [2.75, 3.05) is 0 Å². The van der Waals surface area contributed by atoms with Crippen LogP contribution in [-0.4, -0.2) is 6.29 Å². The average molecular weight is 98.9 g/mol. The molecule has 0 aliphatic rings. The summed E-state index contributed by atoms with van der Waals surface area (Å²) in [5, 5.41) is 0.389. The Morgan fingerprint density at radius 1 is 2.00 bits per heavy atom. The van der Waals surface area contributed by atoms with Crippen LogP contribution in [0.25, 0.3) is 0 Å². The molecule has 0 heterocycles. The van der Waals surface area contributed by atoms with Crippen molar-refractivity contribution < 1.29 is 20.8 Å². The van der Waals surface area contributed by atoms with Gasteiger partial charge in [0.15, 0.2) is 0 Å². The van der Waals surface area contributed by atoms with E-state index in [1.807, 2.05) is 0 Å². The van der Waals surface area contributed by atoms with Gasteiger partial charge in [0, 0.05) is 0 Å². The first kappa shape index (κ1) is 4.19. The van der Waals surface area contributed by atoms with Crippen LogP contribution in [0.3, 0.4) is 0 Å². The monoisotopic (exact) mass is 99.0 g/mol. The Morgan fingerprint density at radius 2 is 2.25 bits per heavy atom. The van der Waals surface area contributed by atoms with Gasteiger partial charge < -0.3 is 0 Å². The quantitative estimate of drug-likeness (QED) is 0.337. The molecular formula is C2H3FeO. The molecule has 0 atom stereocenters. The van der Waals surface area contributed by atoms with E-state index in [1.54, 1.807) is 0 Å². The molecule has 0 saturated carbocycles. The Kier molecular flexibility index (Phi) is 3.34. The minimum absolute atomic E-state index is 0.389. The summed E-state index contributed by atoms with van der Waals surface area (Å²) in [7, 11) is 0. The summed E-state index contributed by atoms with van der Waals surface area (Å²) >= 11 is 3.24. The van der Waals surface area contributed by atoms with Crippen molar-refractivity contribution in [1.82, 2.24) is 0 Å². The number of carbonyl (C=O) groups is 1. The van der Waals surface area contributed by atoms with Gasteiger partial charge >= 0.3 is 32.4 Å². The number of rotatable bonds is 1. The standard InChI is InChI=1S/C2H3O.Fe/c1-2-3;/h2H,1H2;. The van der Waals surface area contributed by atoms with E-state index in [1.165, 1.54) is 0 Å².